The molecule has 1 fully saturated rings. The van der Waals surface area contributed by atoms with E-state index < -0.39 is 0 Å². The van der Waals surface area contributed by atoms with Gasteiger partial charge in [0.15, 0.2) is 6.29 Å². The summed E-state index contributed by atoms with van der Waals surface area (Å²) in [5.41, 5.74) is 1.13. The number of likely N-dealkylation sites (N-methyl/N-ethyl adjacent to an activating group) is 1. The first-order valence-electron chi connectivity index (χ1n) is 5.72. The number of nitrogens with zero attached hydrogens (tertiary/aromatic N) is 1. The van der Waals surface area contributed by atoms with Crippen LogP contribution in [0.3, 0.4) is 0 Å². The standard InChI is InChI=1S/C13H16FNO2/c1-9-12(5-6-17-9)15(2)13-4-3-11(14)7-10(13)8-16/h3-4,7-9,12H,5-6H2,1-2H3. The lowest BCUT2D eigenvalue weighted by Gasteiger charge is -2.29. The molecule has 17 heavy (non-hydrogen) atoms. The van der Waals surface area contributed by atoms with Crippen LogP contribution >= 0.6 is 0 Å². The van der Waals surface area contributed by atoms with Crippen molar-refractivity contribution in [3.8, 4) is 0 Å². The fraction of sp³-hybridized carbons (Fsp3) is 0.462. The minimum Gasteiger partial charge on any atom is -0.376 e. The highest BCUT2D eigenvalue weighted by atomic mass is 19.1. The van der Waals surface area contributed by atoms with Gasteiger partial charge in [-0.2, -0.15) is 0 Å². The first-order chi connectivity index (χ1) is 8.13. The summed E-state index contributed by atoms with van der Waals surface area (Å²) >= 11 is 0. The maximum atomic E-state index is 13.0. The molecule has 0 bridgehead atoms. The molecule has 1 heterocycles. The molecule has 0 N–H and O–H groups in total. The predicted molar refractivity (Wildman–Crippen MR) is 64.0 cm³/mol. The minimum absolute atomic E-state index is 0.129. The number of anilines is 1. The maximum Gasteiger partial charge on any atom is 0.152 e. The second-order valence-electron chi connectivity index (χ2n) is 4.36. The van der Waals surface area contributed by atoms with Gasteiger partial charge in [0, 0.05) is 24.9 Å². The molecule has 1 aliphatic rings. The molecule has 2 rings (SSSR count). The smallest absolute Gasteiger partial charge is 0.152 e. The molecular weight excluding hydrogens is 221 g/mol. The van der Waals surface area contributed by atoms with Gasteiger partial charge in [0.25, 0.3) is 0 Å². The topological polar surface area (TPSA) is 29.5 Å². The molecule has 2 unspecified atom stereocenters. The van der Waals surface area contributed by atoms with E-state index in [4.69, 9.17) is 4.74 Å². The Morgan fingerprint density at radius 1 is 1.53 bits per heavy atom. The number of carbonyl (C=O) groups excluding carboxylic acids is 1. The van der Waals surface area contributed by atoms with E-state index in [1.165, 1.54) is 12.1 Å². The predicted octanol–water partition coefficient (Wildman–Crippen LogP) is 2.25. The minimum atomic E-state index is -0.389. The van der Waals surface area contributed by atoms with E-state index in [0.717, 1.165) is 18.7 Å². The summed E-state index contributed by atoms with van der Waals surface area (Å²) in [6, 6.07) is 4.52. The van der Waals surface area contributed by atoms with E-state index in [2.05, 4.69) is 0 Å². The Hall–Kier alpha value is -1.42. The monoisotopic (exact) mass is 237 g/mol. The van der Waals surface area contributed by atoms with Crippen LogP contribution in [0.25, 0.3) is 0 Å². The van der Waals surface area contributed by atoms with E-state index in [0.29, 0.717) is 11.8 Å². The number of hydrogen-bond donors (Lipinski definition) is 0. The zero-order valence-electron chi connectivity index (χ0n) is 10.0. The van der Waals surface area contributed by atoms with Crippen LogP contribution in [0.15, 0.2) is 18.2 Å². The number of aldehydes is 1. The quantitative estimate of drug-likeness (QED) is 0.755. The molecule has 0 saturated carbocycles. The average Bonchev–Trinajstić information content (AvgIpc) is 2.74. The number of benzene rings is 1. The average molecular weight is 237 g/mol. The summed E-state index contributed by atoms with van der Waals surface area (Å²) in [4.78, 5) is 13.0. The zero-order valence-corrected chi connectivity index (χ0v) is 10.0. The van der Waals surface area contributed by atoms with E-state index in [-0.39, 0.29) is 18.0 Å². The summed E-state index contributed by atoms with van der Waals surface area (Å²) in [6.45, 7) is 2.74. The highest BCUT2D eigenvalue weighted by Gasteiger charge is 2.28. The molecule has 0 amide bonds. The second-order valence-corrected chi connectivity index (χ2v) is 4.36. The van der Waals surface area contributed by atoms with Crippen LogP contribution in [-0.2, 0) is 4.74 Å². The number of carbonyl (C=O) groups is 1. The largest absolute Gasteiger partial charge is 0.376 e. The number of halogens is 1. The van der Waals surface area contributed by atoms with Crippen LogP contribution in [0.2, 0.25) is 0 Å². The molecule has 92 valence electrons. The molecule has 0 aromatic heterocycles. The molecule has 0 aliphatic carbocycles. The number of ether oxygens (including phenoxy) is 1. The van der Waals surface area contributed by atoms with E-state index in [1.54, 1.807) is 6.07 Å². The van der Waals surface area contributed by atoms with Crippen LogP contribution in [0, 0.1) is 5.82 Å². The van der Waals surface area contributed by atoms with E-state index >= 15 is 0 Å². The molecule has 4 heteroatoms. The van der Waals surface area contributed by atoms with Gasteiger partial charge in [0.2, 0.25) is 0 Å². The van der Waals surface area contributed by atoms with Crippen LogP contribution in [-0.4, -0.2) is 32.1 Å². The Bertz CT molecular complexity index is 422. The Kier molecular flexibility index (Phi) is 3.43. The van der Waals surface area contributed by atoms with Gasteiger partial charge < -0.3 is 9.64 Å². The third-order valence-electron chi connectivity index (χ3n) is 3.33. The first kappa shape index (κ1) is 12.0. The van der Waals surface area contributed by atoms with Crippen molar-refractivity contribution in [2.45, 2.75) is 25.5 Å². The van der Waals surface area contributed by atoms with Crippen molar-refractivity contribution in [2.75, 3.05) is 18.6 Å². The van der Waals surface area contributed by atoms with Gasteiger partial charge >= 0.3 is 0 Å². The van der Waals surface area contributed by atoms with Crippen LogP contribution < -0.4 is 4.90 Å². The van der Waals surface area contributed by atoms with Gasteiger partial charge in [-0.25, -0.2) is 4.39 Å². The fourth-order valence-corrected chi connectivity index (χ4v) is 2.35. The van der Waals surface area contributed by atoms with Crippen molar-refractivity contribution in [1.29, 1.82) is 0 Å². The van der Waals surface area contributed by atoms with Gasteiger partial charge in [-0.05, 0) is 31.5 Å². The highest BCUT2D eigenvalue weighted by Crippen LogP contribution is 2.26. The lowest BCUT2D eigenvalue weighted by molar-refractivity contribution is 0.112. The summed E-state index contributed by atoms with van der Waals surface area (Å²) in [5.74, 6) is -0.389. The third kappa shape index (κ3) is 2.31. The van der Waals surface area contributed by atoms with E-state index in [9.17, 15) is 9.18 Å². The van der Waals surface area contributed by atoms with Crippen molar-refractivity contribution in [3.05, 3.63) is 29.6 Å². The fourth-order valence-electron chi connectivity index (χ4n) is 2.35. The van der Waals surface area contributed by atoms with Crippen LogP contribution in [0.5, 0.6) is 0 Å². The third-order valence-corrected chi connectivity index (χ3v) is 3.33. The summed E-state index contributed by atoms with van der Waals surface area (Å²) < 4.78 is 18.6. The normalized spacial score (nSPS) is 23.7. The van der Waals surface area contributed by atoms with Crippen molar-refractivity contribution in [3.63, 3.8) is 0 Å². The summed E-state index contributed by atoms with van der Waals surface area (Å²) in [7, 11) is 1.91. The molecule has 1 aromatic rings. The lowest BCUT2D eigenvalue weighted by atomic mass is 10.1. The van der Waals surface area contributed by atoms with Gasteiger partial charge in [0.1, 0.15) is 5.82 Å². The number of rotatable bonds is 3. The lowest BCUT2D eigenvalue weighted by Crippen LogP contribution is -2.37. The van der Waals surface area contributed by atoms with Gasteiger partial charge in [-0.3, -0.25) is 4.79 Å². The van der Waals surface area contributed by atoms with Gasteiger partial charge in [0.05, 0.1) is 12.1 Å². The Labute approximate surface area is 100 Å². The molecule has 3 nitrogen and oxygen atoms in total. The van der Waals surface area contributed by atoms with Crippen molar-refractivity contribution >= 4 is 12.0 Å². The van der Waals surface area contributed by atoms with E-state index in [1.807, 2.05) is 18.9 Å². The molecule has 1 aliphatic heterocycles. The summed E-state index contributed by atoms with van der Waals surface area (Å²) in [5, 5.41) is 0. The maximum absolute atomic E-state index is 13.0. The first-order valence-corrected chi connectivity index (χ1v) is 5.72. The Morgan fingerprint density at radius 3 is 2.88 bits per heavy atom. The van der Waals surface area contributed by atoms with Crippen molar-refractivity contribution in [2.24, 2.45) is 0 Å². The van der Waals surface area contributed by atoms with Crippen LogP contribution in [0.1, 0.15) is 23.7 Å². The second kappa shape index (κ2) is 4.84. The zero-order chi connectivity index (χ0) is 12.4. The number of hydrogen-bond acceptors (Lipinski definition) is 3. The SMILES string of the molecule is CC1OCCC1N(C)c1ccc(F)cc1C=O. The molecular formula is C13H16FNO2. The highest BCUT2D eigenvalue weighted by molar-refractivity contribution is 5.84. The molecule has 0 spiro atoms. The summed E-state index contributed by atoms with van der Waals surface area (Å²) in [6.07, 6.45) is 1.74. The van der Waals surface area contributed by atoms with Gasteiger partial charge in [-0.1, -0.05) is 0 Å². The molecule has 1 saturated heterocycles. The van der Waals surface area contributed by atoms with Crippen molar-refractivity contribution < 1.29 is 13.9 Å². The molecule has 2 atom stereocenters. The van der Waals surface area contributed by atoms with Gasteiger partial charge in [-0.15, -0.1) is 0 Å². The van der Waals surface area contributed by atoms with Crippen LogP contribution in [0.4, 0.5) is 10.1 Å². The molecule has 1 aromatic carbocycles. The Balaban J connectivity index is 2.29. The Morgan fingerprint density at radius 2 is 2.29 bits per heavy atom. The molecule has 0 radical (unpaired) electrons. The van der Waals surface area contributed by atoms with Crippen molar-refractivity contribution in [1.82, 2.24) is 0 Å².